The van der Waals surface area contributed by atoms with Crippen molar-refractivity contribution in [2.75, 3.05) is 0 Å². The van der Waals surface area contributed by atoms with Gasteiger partial charge in [-0.25, -0.2) is 4.98 Å². The Balaban J connectivity index is 2.24. The predicted molar refractivity (Wildman–Crippen MR) is 51.1 cm³/mol. The van der Waals surface area contributed by atoms with Gasteiger partial charge >= 0.3 is 0 Å². The molecule has 0 radical (unpaired) electrons. The number of aromatic nitrogens is 4. The highest BCUT2D eigenvalue weighted by molar-refractivity contribution is 5.72. The Hall–Kier alpha value is -1.65. The van der Waals surface area contributed by atoms with E-state index in [1.54, 1.807) is 0 Å². The van der Waals surface area contributed by atoms with Crippen molar-refractivity contribution in [1.29, 1.82) is 0 Å². The summed E-state index contributed by atoms with van der Waals surface area (Å²) in [5, 5.41) is 4.98. The average Bonchev–Trinajstić information content (AvgIpc) is 2.46. The normalized spacial score (nSPS) is 18.1. The number of nitrogens with one attached hydrogen (secondary N) is 2. The number of hydrogen-bond donors (Lipinski definition) is 2. The lowest BCUT2D eigenvalue weighted by Gasteiger charge is -2.23. The van der Waals surface area contributed by atoms with Gasteiger partial charge < -0.3 is 4.98 Å². The zero-order chi connectivity index (χ0) is 10.4. The highest BCUT2D eigenvalue weighted by Gasteiger charge is 2.22. The van der Waals surface area contributed by atoms with Crippen LogP contribution >= 0.6 is 0 Å². The van der Waals surface area contributed by atoms with Crippen molar-refractivity contribution in [2.24, 2.45) is 0 Å². The molecule has 0 saturated heterocycles. The fraction of sp³-hybridized carbons (Fsp3) is 0.444. The lowest BCUT2D eigenvalue weighted by atomic mass is 9.85. The molecule has 14 heavy (non-hydrogen) atoms. The van der Waals surface area contributed by atoms with Gasteiger partial charge in [-0.2, -0.15) is 5.10 Å². The summed E-state index contributed by atoms with van der Waals surface area (Å²) in [6.07, 6.45) is 4.70. The Morgan fingerprint density at radius 2 is 2.43 bits per heavy atom. The van der Waals surface area contributed by atoms with Crippen LogP contribution < -0.4 is 5.56 Å². The van der Waals surface area contributed by atoms with E-state index in [9.17, 15) is 4.79 Å². The second-order valence-electron chi connectivity index (χ2n) is 3.66. The number of hydrogen-bond acceptors (Lipinski definition) is 3. The van der Waals surface area contributed by atoms with Gasteiger partial charge in [-0.1, -0.05) is 6.42 Å². The van der Waals surface area contributed by atoms with E-state index in [0.717, 1.165) is 17.9 Å². The largest absolute Gasteiger partial charge is 0.310 e. The molecule has 0 aliphatic heterocycles. The minimum atomic E-state index is -0.194. The third-order valence-electron chi connectivity index (χ3n) is 2.78. The third kappa shape index (κ3) is 0.982. The van der Waals surface area contributed by atoms with Crippen LogP contribution in [0.1, 0.15) is 31.0 Å². The quantitative estimate of drug-likeness (QED) is 0.703. The topological polar surface area (TPSA) is 74.4 Å². The molecule has 0 amide bonds. The SMILES string of the molecule is [2H]n1ncc2c(=O)[nH]c(C3CCC3)nc21. The van der Waals surface area contributed by atoms with Gasteiger partial charge in [-0.05, 0) is 12.8 Å². The molecule has 2 aromatic heterocycles. The first-order valence-electron chi connectivity index (χ1n) is 5.17. The first-order chi connectivity index (χ1) is 7.25. The van der Waals surface area contributed by atoms with Crippen LogP contribution in [0.4, 0.5) is 0 Å². The number of aromatic amines is 2. The fourth-order valence-electron chi connectivity index (χ4n) is 1.70. The van der Waals surface area contributed by atoms with E-state index in [1.165, 1.54) is 12.6 Å². The van der Waals surface area contributed by atoms with Crippen molar-refractivity contribution in [3.8, 4) is 0 Å². The van der Waals surface area contributed by atoms with Gasteiger partial charge in [0, 0.05) is 5.92 Å². The summed E-state index contributed by atoms with van der Waals surface area (Å²) in [6.45, 7) is 0. The van der Waals surface area contributed by atoms with Crippen LogP contribution in [0, 0.1) is 0 Å². The molecule has 0 aromatic carbocycles. The molecular formula is C9H10N4O. The molecule has 1 fully saturated rings. The molecule has 5 nitrogen and oxygen atoms in total. The number of fused-ring (bicyclic) bond motifs is 1. The molecule has 2 heterocycles. The fourth-order valence-corrected chi connectivity index (χ4v) is 1.70. The van der Waals surface area contributed by atoms with Crippen LogP contribution in [0.2, 0.25) is 1.41 Å². The van der Waals surface area contributed by atoms with Gasteiger partial charge in [0.1, 0.15) is 11.2 Å². The molecule has 3 rings (SSSR count). The molecule has 2 aromatic rings. The van der Waals surface area contributed by atoms with Crippen molar-refractivity contribution in [3.63, 3.8) is 0 Å². The van der Waals surface area contributed by atoms with E-state index < -0.39 is 0 Å². The Labute approximate surface area is 81.0 Å². The van der Waals surface area contributed by atoms with Crippen molar-refractivity contribution < 1.29 is 1.41 Å². The van der Waals surface area contributed by atoms with Crippen LogP contribution in [-0.4, -0.2) is 20.2 Å². The van der Waals surface area contributed by atoms with Crippen LogP contribution in [0.3, 0.4) is 0 Å². The van der Waals surface area contributed by atoms with Gasteiger partial charge in [0.2, 0.25) is 0 Å². The van der Waals surface area contributed by atoms with Crippen molar-refractivity contribution >= 4 is 11.0 Å². The van der Waals surface area contributed by atoms with Gasteiger partial charge in [0.25, 0.3) is 5.56 Å². The summed E-state index contributed by atoms with van der Waals surface area (Å²) in [6, 6.07) is 0. The lowest BCUT2D eigenvalue weighted by Crippen LogP contribution is -2.18. The highest BCUT2D eigenvalue weighted by atomic mass is 16.1. The molecular weight excluding hydrogens is 180 g/mol. The van der Waals surface area contributed by atoms with Crippen molar-refractivity contribution in [2.45, 2.75) is 25.2 Å². The summed E-state index contributed by atoms with van der Waals surface area (Å²) < 4.78 is 7.44. The van der Waals surface area contributed by atoms with Gasteiger partial charge in [-0.15, -0.1) is 0 Å². The molecule has 0 bridgehead atoms. The van der Waals surface area contributed by atoms with Crippen molar-refractivity contribution in [3.05, 3.63) is 22.4 Å². The summed E-state index contributed by atoms with van der Waals surface area (Å²) >= 11 is 0. The second-order valence-corrected chi connectivity index (χ2v) is 3.66. The van der Waals surface area contributed by atoms with Crippen LogP contribution in [-0.2, 0) is 0 Å². The molecule has 1 saturated carbocycles. The van der Waals surface area contributed by atoms with Gasteiger partial charge in [0.05, 0.1) is 6.20 Å². The van der Waals surface area contributed by atoms with E-state index in [-0.39, 0.29) is 5.56 Å². The minimum Gasteiger partial charge on any atom is -0.310 e. The van der Waals surface area contributed by atoms with Crippen LogP contribution in [0.15, 0.2) is 11.0 Å². The molecule has 72 valence electrons. The maximum atomic E-state index is 11.6. The Morgan fingerprint density at radius 1 is 1.57 bits per heavy atom. The van der Waals surface area contributed by atoms with Crippen LogP contribution in [0.25, 0.3) is 11.0 Å². The van der Waals surface area contributed by atoms with Crippen LogP contribution in [0.5, 0.6) is 0 Å². The Bertz CT molecular complexity index is 569. The molecule has 1 aliphatic carbocycles. The number of H-pyrrole nitrogens is 2. The van der Waals surface area contributed by atoms with E-state index in [2.05, 4.69) is 15.1 Å². The standard InChI is InChI=1S/C9H10N4O/c14-9-6-4-10-13-8(6)11-7(12-9)5-2-1-3-5/h4-5H,1-3H2,(H2,10,11,12,13,14)/i/hD. The Morgan fingerprint density at radius 3 is 3.14 bits per heavy atom. The predicted octanol–water partition coefficient (Wildman–Crippen LogP) is 0.914. The lowest BCUT2D eigenvalue weighted by molar-refractivity contribution is 0.401. The van der Waals surface area contributed by atoms with E-state index >= 15 is 0 Å². The zero-order valence-electron chi connectivity index (χ0n) is 8.53. The summed E-state index contributed by atoms with van der Waals surface area (Å²) in [5.74, 6) is 1.06. The zero-order valence-corrected chi connectivity index (χ0v) is 7.53. The summed E-state index contributed by atoms with van der Waals surface area (Å²) in [4.78, 5) is 18.7. The maximum absolute atomic E-state index is 11.6. The number of nitrogens with zero attached hydrogens (tertiary/aromatic N) is 2. The highest BCUT2D eigenvalue weighted by Crippen LogP contribution is 2.33. The minimum absolute atomic E-state index is 0.194. The molecule has 0 atom stereocenters. The molecule has 0 unspecified atom stereocenters. The van der Waals surface area contributed by atoms with E-state index in [1.807, 2.05) is 0 Å². The molecule has 2 N–H and O–H groups in total. The van der Waals surface area contributed by atoms with E-state index in [0.29, 0.717) is 22.8 Å². The maximum Gasteiger partial charge on any atom is 0.262 e. The molecule has 0 spiro atoms. The second kappa shape index (κ2) is 2.67. The third-order valence-corrected chi connectivity index (χ3v) is 2.78. The first kappa shape index (κ1) is 6.75. The monoisotopic (exact) mass is 191 g/mol. The first-order valence-corrected chi connectivity index (χ1v) is 4.73. The average molecular weight is 191 g/mol. The summed E-state index contributed by atoms with van der Waals surface area (Å²) in [7, 11) is 0. The van der Waals surface area contributed by atoms with Crippen molar-refractivity contribution in [1.82, 2.24) is 20.2 Å². The smallest absolute Gasteiger partial charge is 0.262 e. The van der Waals surface area contributed by atoms with Gasteiger partial charge in [0.15, 0.2) is 7.06 Å². The molecule has 1 aliphatic rings. The Kier molecular flexibility index (Phi) is 1.29. The van der Waals surface area contributed by atoms with E-state index in [4.69, 9.17) is 1.41 Å². The number of rotatable bonds is 1. The van der Waals surface area contributed by atoms with Gasteiger partial charge in [-0.3, -0.25) is 9.89 Å². The molecule has 5 heteroatoms. The summed E-state index contributed by atoms with van der Waals surface area (Å²) in [5.41, 5.74) is 0.154.